The molecular weight excluding hydrogens is 485 g/mol. The van der Waals surface area contributed by atoms with E-state index in [1.54, 1.807) is 6.20 Å². The molecule has 0 aliphatic carbocycles. The molecule has 0 saturated carbocycles. The first-order valence-corrected chi connectivity index (χ1v) is 13.4. The number of aryl methyl sites for hydroxylation is 3. The maximum Gasteiger partial charge on any atom is 0.234 e. The van der Waals surface area contributed by atoms with Gasteiger partial charge in [-0.3, -0.25) is 9.59 Å². The first kappa shape index (κ1) is 24.3. The molecular formula is C25H24N4O2S3. The van der Waals surface area contributed by atoms with E-state index in [-0.39, 0.29) is 23.3 Å². The largest absolute Gasteiger partial charge is 0.325 e. The number of carbonyl (C=O) groups is 2. The van der Waals surface area contributed by atoms with Crippen molar-refractivity contribution < 1.29 is 9.59 Å². The summed E-state index contributed by atoms with van der Waals surface area (Å²) in [5, 5.41) is 6.77. The van der Waals surface area contributed by atoms with E-state index in [0.717, 1.165) is 42.1 Å². The molecule has 0 radical (unpaired) electrons. The molecule has 2 aromatic heterocycles. The molecule has 0 fully saturated rings. The lowest BCUT2D eigenvalue weighted by atomic mass is 10.1. The number of thiazole rings is 1. The second kappa shape index (κ2) is 11.0. The van der Waals surface area contributed by atoms with E-state index in [9.17, 15) is 9.59 Å². The third-order valence-electron chi connectivity index (χ3n) is 4.91. The van der Waals surface area contributed by atoms with Crippen molar-refractivity contribution in [1.29, 1.82) is 0 Å². The number of pyridine rings is 1. The van der Waals surface area contributed by atoms with Crippen LogP contribution in [0.3, 0.4) is 0 Å². The highest BCUT2D eigenvalue weighted by Gasteiger charge is 2.12. The molecule has 4 aromatic rings. The van der Waals surface area contributed by atoms with Crippen LogP contribution < -0.4 is 10.6 Å². The third-order valence-corrected chi connectivity index (χ3v) is 8.01. The summed E-state index contributed by atoms with van der Waals surface area (Å²) < 4.78 is 1.78. The minimum atomic E-state index is -0.0903. The fourth-order valence-corrected chi connectivity index (χ4v) is 6.06. The highest BCUT2D eigenvalue weighted by atomic mass is 32.2. The number of aromatic nitrogens is 2. The molecule has 0 bridgehead atoms. The predicted octanol–water partition coefficient (Wildman–Crippen LogP) is 6.08. The summed E-state index contributed by atoms with van der Waals surface area (Å²) >= 11 is 4.32. The summed E-state index contributed by atoms with van der Waals surface area (Å²) in [5.74, 6) is 0.416. The van der Waals surface area contributed by atoms with Gasteiger partial charge in [-0.15, -0.1) is 11.3 Å². The molecule has 0 unspecified atom stereocenters. The summed E-state index contributed by atoms with van der Waals surface area (Å²) in [4.78, 5) is 33.6. The Morgan fingerprint density at radius 2 is 1.65 bits per heavy atom. The Kier molecular flexibility index (Phi) is 7.87. The number of nitrogens with one attached hydrogen (secondary N) is 2. The summed E-state index contributed by atoms with van der Waals surface area (Å²) in [7, 11) is 0. The predicted molar refractivity (Wildman–Crippen MR) is 143 cm³/mol. The van der Waals surface area contributed by atoms with Crippen molar-refractivity contribution in [3.63, 3.8) is 0 Å². The molecule has 2 amide bonds. The van der Waals surface area contributed by atoms with E-state index in [1.165, 1.54) is 40.4 Å². The average Bonchev–Trinajstić information content (AvgIpc) is 3.21. The number of hydrogen-bond acceptors (Lipinski definition) is 7. The summed E-state index contributed by atoms with van der Waals surface area (Å²) in [6.07, 6.45) is 1.71. The van der Waals surface area contributed by atoms with E-state index in [1.807, 2.05) is 57.2 Å². The Morgan fingerprint density at radius 3 is 2.38 bits per heavy atom. The Hall–Kier alpha value is -2.88. The lowest BCUT2D eigenvalue weighted by Gasteiger charge is -2.12. The number of thioether (sulfide) groups is 2. The zero-order valence-corrected chi connectivity index (χ0v) is 21.5. The normalized spacial score (nSPS) is 10.9. The Labute approximate surface area is 211 Å². The van der Waals surface area contributed by atoms with Gasteiger partial charge in [-0.1, -0.05) is 47.3 Å². The van der Waals surface area contributed by atoms with Gasteiger partial charge in [0.15, 0.2) is 4.34 Å². The van der Waals surface area contributed by atoms with E-state index < -0.39 is 0 Å². The van der Waals surface area contributed by atoms with Crippen LogP contribution in [0.15, 0.2) is 64.1 Å². The van der Waals surface area contributed by atoms with Crippen LogP contribution in [0.4, 0.5) is 11.4 Å². The molecule has 0 aliphatic heterocycles. The van der Waals surface area contributed by atoms with Gasteiger partial charge >= 0.3 is 0 Å². The average molecular weight is 509 g/mol. The van der Waals surface area contributed by atoms with Crippen molar-refractivity contribution >= 4 is 68.3 Å². The standard InChI is InChI=1S/C25H24N4O2S3/c1-15-10-16(2)24(17(3)11-15)29-22(31)14-33-25-28-19-8-7-18(12-20(19)34-25)27-21(30)13-32-23-6-4-5-9-26-23/h4-12H,13-14H2,1-3H3,(H,27,30)(H,29,31). The molecule has 0 aliphatic rings. The molecule has 34 heavy (non-hydrogen) atoms. The van der Waals surface area contributed by atoms with Gasteiger partial charge in [0.2, 0.25) is 11.8 Å². The number of fused-ring (bicyclic) bond motifs is 1. The number of amides is 2. The molecule has 2 heterocycles. The lowest BCUT2D eigenvalue weighted by Crippen LogP contribution is -2.15. The van der Waals surface area contributed by atoms with Gasteiger partial charge in [-0.05, 0) is 62.2 Å². The van der Waals surface area contributed by atoms with Crippen molar-refractivity contribution in [2.24, 2.45) is 0 Å². The van der Waals surface area contributed by atoms with Crippen LogP contribution in [-0.4, -0.2) is 33.3 Å². The van der Waals surface area contributed by atoms with Gasteiger partial charge in [0.1, 0.15) is 0 Å². The zero-order chi connectivity index (χ0) is 24.1. The minimum Gasteiger partial charge on any atom is -0.325 e. The van der Waals surface area contributed by atoms with Crippen LogP contribution in [0.5, 0.6) is 0 Å². The van der Waals surface area contributed by atoms with E-state index in [0.29, 0.717) is 0 Å². The topological polar surface area (TPSA) is 84.0 Å². The monoisotopic (exact) mass is 508 g/mol. The van der Waals surface area contributed by atoms with E-state index >= 15 is 0 Å². The van der Waals surface area contributed by atoms with Crippen molar-refractivity contribution in [2.75, 3.05) is 22.1 Å². The molecule has 6 nitrogen and oxygen atoms in total. The molecule has 174 valence electrons. The van der Waals surface area contributed by atoms with Gasteiger partial charge in [0.05, 0.1) is 26.7 Å². The van der Waals surface area contributed by atoms with Crippen molar-refractivity contribution in [1.82, 2.24) is 9.97 Å². The summed E-state index contributed by atoms with van der Waals surface area (Å²) in [5.41, 5.74) is 5.75. The number of anilines is 2. The number of carbonyl (C=O) groups excluding carboxylic acids is 2. The van der Waals surface area contributed by atoms with Crippen LogP contribution in [-0.2, 0) is 9.59 Å². The van der Waals surface area contributed by atoms with Crippen LogP contribution in [0.2, 0.25) is 0 Å². The van der Waals surface area contributed by atoms with Crippen LogP contribution in [0, 0.1) is 20.8 Å². The smallest absolute Gasteiger partial charge is 0.234 e. The molecule has 0 saturated heterocycles. The maximum atomic E-state index is 12.5. The molecule has 9 heteroatoms. The van der Waals surface area contributed by atoms with E-state index in [4.69, 9.17) is 0 Å². The molecule has 4 rings (SSSR count). The van der Waals surface area contributed by atoms with Crippen LogP contribution >= 0.6 is 34.9 Å². The maximum absolute atomic E-state index is 12.5. The van der Waals surface area contributed by atoms with Gasteiger partial charge in [0.25, 0.3) is 0 Å². The Morgan fingerprint density at radius 1 is 0.912 bits per heavy atom. The van der Waals surface area contributed by atoms with E-state index in [2.05, 4.69) is 32.7 Å². The van der Waals surface area contributed by atoms with Crippen molar-refractivity contribution in [3.8, 4) is 0 Å². The second-order valence-corrected chi connectivity index (χ2v) is 11.0. The number of hydrogen-bond donors (Lipinski definition) is 2. The highest BCUT2D eigenvalue weighted by molar-refractivity contribution is 8.01. The van der Waals surface area contributed by atoms with Gasteiger partial charge < -0.3 is 10.6 Å². The lowest BCUT2D eigenvalue weighted by molar-refractivity contribution is -0.114. The summed E-state index contributed by atoms with van der Waals surface area (Å²) in [6.45, 7) is 6.06. The third kappa shape index (κ3) is 6.37. The summed E-state index contributed by atoms with van der Waals surface area (Å²) in [6, 6.07) is 15.4. The van der Waals surface area contributed by atoms with Crippen LogP contribution in [0.25, 0.3) is 10.2 Å². The van der Waals surface area contributed by atoms with Crippen molar-refractivity contribution in [3.05, 3.63) is 71.4 Å². The molecule has 2 aromatic carbocycles. The van der Waals surface area contributed by atoms with Crippen molar-refractivity contribution in [2.45, 2.75) is 30.1 Å². The molecule has 0 spiro atoms. The second-order valence-electron chi connectivity index (χ2n) is 7.78. The molecule has 2 N–H and O–H groups in total. The van der Waals surface area contributed by atoms with Gasteiger partial charge in [0, 0.05) is 17.6 Å². The number of benzene rings is 2. The fraction of sp³-hybridized carbons (Fsp3) is 0.200. The minimum absolute atomic E-state index is 0.0577. The first-order chi connectivity index (χ1) is 16.4. The number of rotatable bonds is 8. The van der Waals surface area contributed by atoms with Crippen LogP contribution in [0.1, 0.15) is 16.7 Å². The molecule has 0 atom stereocenters. The fourth-order valence-electron chi connectivity index (χ4n) is 3.49. The Bertz CT molecular complexity index is 1320. The van der Waals surface area contributed by atoms with Gasteiger partial charge in [-0.25, -0.2) is 9.97 Å². The van der Waals surface area contributed by atoms with Gasteiger partial charge in [-0.2, -0.15) is 0 Å². The Balaban J connectivity index is 1.33. The zero-order valence-electron chi connectivity index (χ0n) is 19.0. The number of nitrogens with zero attached hydrogens (tertiary/aromatic N) is 2. The first-order valence-electron chi connectivity index (χ1n) is 10.6. The SMILES string of the molecule is Cc1cc(C)c(NC(=O)CSc2nc3ccc(NC(=O)CSc4ccccn4)cc3s2)c(C)c1. The quantitative estimate of drug-likeness (QED) is 0.281. The highest BCUT2D eigenvalue weighted by Crippen LogP contribution is 2.32.